The summed E-state index contributed by atoms with van der Waals surface area (Å²) in [6.45, 7) is 6.99. The van der Waals surface area contributed by atoms with Crippen LogP contribution in [-0.2, 0) is 33.9 Å². The van der Waals surface area contributed by atoms with E-state index in [1.165, 1.54) is 18.3 Å². The lowest BCUT2D eigenvalue weighted by molar-refractivity contribution is -0.263. The van der Waals surface area contributed by atoms with Gasteiger partial charge in [-0.1, -0.05) is 19.1 Å². The molecule has 4 amide bonds. The smallest absolute Gasteiger partial charge is 0.414 e. The molecule has 2 aromatic heterocycles. The van der Waals surface area contributed by atoms with Gasteiger partial charge < -0.3 is 34.3 Å². The Labute approximate surface area is 408 Å². The van der Waals surface area contributed by atoms with Crippen LogP contribution in [0.15, 0.2) is 60.3 Å². The molecule has 5 heterocycles. The molecule has 2 aliphatic carbocycles. The van der Waals surface area contributed by atoms with Crippen LogP contribution in [0.1, 0.15) is 92.4 Å². The molecule has 3 aromatic rings. The summed E-state index contributed by atoms with van der Waals surface area (Å²) in [5.41, 5.74) is -1.66. The molecule has 70 heavy (non-hydrogen) atoms. The van der Waals surface area contributed by atoms with Gasteiger partial charge in [-0.3, -0.25) is 29.0 Å². The van der Waals surface area contributed by atoms with Gasteiger partial charge in [-0.25, -0.2) is 18.2 Å². The second kappa shape index (κ2) is 19.7. The van der Waals surface area contributed by atoms with Crippen molar-refractivity contribution in [3.8, 4) is 33.3 Å². The quantitative estimate of drug-likeness (QED) is 0.158. The Morgan fingerprint density at radius 3 is 2.46 bits per heavy atom. The number of fused-ring (bicyclic) bond motifs is 2. The largest absolute Gasteiger partial charge is 0.491 e. The van der Waals surface area contributed by atoms with Gasteiger partial charge in [0, 0.05) is 42.8 Å². The van der Waals surface area contributed by atoms with Gasteiger partial charge in [-0.15, -0.1) is 11.3 Å². The fraction of sp³-hybridized carbons (Fsp3) is 0.583. The minimum Gasteiger partial charge on any atom is -0.491 e. The minimum atomic E-state index is -5.22. The van der Waals surface area contributed by atoms with Crippen molar-refractivity contribution in [2.75, 3.05) is 19.8 Å². The van der Waals surface area contributed by atoms with Crippen molar-refractivity contribution in [2.45, 2.75) is 151 Å². The molecule has 1 unspecified atom stereocenters. The lowest BCUT2D eigenvalue weighted by atomic mass is 9.86. The zero-order valence-electron chi connectivity index (χ0n) is 39.6. The lowest BCUT2D eigenvalue weighted by Gasteiger charge is -2.50. The predicted octanol–water partition coefficient (Wildman–Crippen LogP) is 6.87. The summed E-state index contributed by atoms with van der Waals surface area (Å²) in [6.07, 6.45) is -5.45. The number of hydrogen-bond acceptors (Lipinski definition) is 13. The number of carboxylic acid groups (broad SMARTS) is 1. The first kappa shape index (κ1) is 51.0. The Morgan fingerprint density at radius 1 is 1.11 bits per heavy atom. The molecule has 0 spiro atoms. The molecule has 2 saturated heterocycles. The standard InChI is InChI=1S/C48H59F3N6O11S2/c1-6-38-40(57(44(61)62)46(48(49,50)51)16-9-19-65-26-46)42(59)56-25-34(68-33-20-35(53-36(21-33)39-24-52-27-69-39)30-12-14-32(15-13-30)66-28(2)3)22-37(56)41(58)54-47(23-31(47)11-8-7-10-29(4)67-38)43(60)55-70(63,64)45(5)17-18-45/h8,11-15,20-21,24,27-29,31,34,37-38,40H,6-7,9-10,16-19,22-23,25-26H2,1-5H3,(H,54,58)(H,55,60)(H,61,62)/t29-,31-,34-,37+,38+,40+,46?,47-/m1/s1. The Balaban J connectivity index is 1.21. The first-order chi connectivity index (χ1) is 33.1. The van der Waals surface area contributed by atoms with Crippen molar-refractivity contribution < 1.29 is 64.8 Å². The number of benzene rings is 1. The van der Waals surface area contributed by atoms with Gasteiger partial charge >= 0.3 is 12.3 Å². The van der Waals surface area contributed by atoms with Crippen molar-refractivity contribution in [3.05, 3.63) is 60.3 Å². The summed E-state index contributed by atoms with van der Waals surface area (Å²) < 4.78 is 98.8. The highest BCUT2D eigenvalue weighted by atomic mass is 32.2. The van der Waals surface area contributed by atoms with E-state index in [9.17, 15) is 27.9 Å². The second-order valence-electron chi connectivity index (χ2n) is 19.4. The van der Waals surface area contributed by atoms with E-state index >= 15 is 18.0 Å². The highest BCUT2D eigenvalue weighted by Gasteiger charge is 2.66. The molecule has 3 N–H and O–H groups in total. The SMILES string of the molecule is CC[C@@H]1O[C@H](C)CCC=C[C@@H]2C[C@@]2(C(=O)NS(=O)(=O)C2(C)CC2)NC(=O)[C@@H]2C[C@@H](Oc3cc(-c4ccc(OC(C)C)cc4)nc(-c4cncs4)c3)CN2C(=O)[C@H]1N(C(=O)O)C1(C(F)(F)F)CCCOC1. The third kappa shape index (κ3) is 10.2. The van der Waals surface area contributed by atoms with Crippen LogP contribution >= 0.6 is 11.3 Å². The number of thiazole rings is 1. The molecule has 8 rings (SSSR count). The van der Waals surface area contributed by atoms with Crippen LogP contribution in [-0.4, -0.2) is 135 Å². The van der Waals surface area contributed by atoms with Crippen molar-refractivity contribution in [1.82, 2.24) is 29.8 Å². The Kier molecular flexibility index (Phi) is 14.4. The highest BCUT2D eigenvalue weighted by molar-refractivity contribution is 7.91. The number of ether oxygens (including phenoxy) is 4. The third-order valence-electron chi connectivity index (χ3n) is 14.0. The number of amides is 4. The summed E-state index contributed by atoms with van der Waals surface area (Å²) in [5.74, 6) is -2.83. The van der Waals surface area contributed by atoms with Crippen LogP contribution in [0.25, 0.3) is 21.8 Å². The Bertz CT molecular complexity index is 2570. The summed E-state index contributed by atoms with van der Waals surface area (Å²) in [6, 6.07) is 6.83. The fourth-order valence-corrected chi connectivity index (χ4v) is 11.5. The predicted molar refractivity (Wildman–Crippen MR) is 250 cm³/mol. The van der Waals surface area contributed by atoms with Gasteiger partial charge in [-0.05, 0) is 103 Å². The van der Waals surface area contributed by atoms with E-state index in [4.69, 9.17) is 23.9 Å². The molecule has 3 aliphatic heterocycles. The van der Waals surface area contributed by atoms with Crippen molar-refractivity contribution in [2.24, 2.45) is 5.92 Å². The highest BCUT2D eigenvalue weighted by Crippen LogP contribution is 2.48. The molecule has 0 bridgehead atoms. The van der Waals surface area contributed by atoms with E-state index in [0.717, 1.165) is 4.90 Å². The van der Waals surface area contributed by atoms with Crippen LogP contribution in [0.5, 0.6) is 11.5 Å². The number of pyridine rings is 1. The monoisotopic (exact) mass is 1020 g/mol. The Morgan fingerprint density at radius 2 is 1.84 bits per heavy atom. The fourth-order valence-electron chi connectivity index (χ4n) is 9.66. The average molecular weight is 1020 g/mol. The number of nitrogens with one attached hydrogen (secondary N) is 2. The maximum absolute atomic E-state index is 15.6. The molecular formula is C48H59F3N6O11S2. The number of sulfonamides is 1. The van der Waals surface area contributed by atoms with E-state index in [2.05, 4.69) is 15.0 Å². The molecule has 8 atom stereocenters. The Hall–Kier alpha value is -5.32. The van der Waals surface area contributed by atoms with Crippen LogP contribution in [0.3, 0.4) is 0 Å². The summed E-state index contributed by atoms with van der Waals surface area (Å²) in [7, 11) is -4.17. The van der Waals surface area contributed by atoms with Crippen LogP contribution in [0.2, 0.25) is 0 Å². The lowest BCUT2D eigenvalue weighted by Crippen LogP contribution is -2.72. The summed E-state index contributed by atoms with van der Waals surface area (Å²) in [4.78, 5) is 69.2. The van der Waals surface area contributed by atoms with Crippen molar-refractivity contribution in [3.63, 3.8) is 0 Å². The number of hydrogen-bond donors (Lipinski definition) is 3. The third-order valence-corrected chi connectivity index (χ3v) is 16.9. The number of aromatic nitrogens is 2. The first-order valence-electron chi connectivity index (χ1n) is 23.6. The van der Waals surface area contributed by atoms with Gasteiger partial charge in [0.2, 0.25) is 21.8 Å². The molecule has 1 aromatic carbocycles. The van der Waals surface area contributed by atoms with Gasteiger partial charge in [0.25, 0.3) is 5.91 Å². The van der Waals surface area contributed by atoms with Gasteiger partial charge in [0.15, 0.2) is 5.54 Å². The molecule has 17 nitrogen and oxygen atoms in total. The normalized spacial score (nSPS) is 29.2. The van der Waals surface area contributed by atoms with E-state index in [-0.39, 0.29) is 55.5 Å². The second-order valence-corrected chi connectivity index (χ2v) is 22.5. The van der Waals surface area contributed by atoms with Crippen LogP contribution in [0, 0.1) is 5.92 Å². The van der Waals surface area contributed by atoms with E-state index < -0.39 is 112 Å². The number of carbonyl (C=O) groups is 4. The molecule has 22 heteroatoms. The zero-order chi connectivity index (χ0) is 50.4. The number of alkyl halides is 3. The maximum atomic E-state index is 15.6. The molecule has 4 fully saturated rings. The minimum absolute atomic E-state index is 0.00606. The summed E-state index contributed by atoms with van der Waals surface area (Å²) >= 11 is 1.32. The summed E-state index contributed by atoms with van der Waals surface area (Å²) in [5, 5.41) is 13.7. The number of carbonyl (C=O) groups excluding carboxylic acids is 3. The van der Waals surface area contributed by atoms with Gasteiger partial charge in [-0.2, -0.15) is 13.2 Å². The first-order valence-corrected chi connectivity index (χ1v) is 26.0. The number of rotatable bonds is 12. The number of nitrogens with zero attached hydrogens (tertiary/aromatic N) is 4. The number of halogens is 3. The zero-order valence-corrected chi connectivity index (χ0v) is 41.2. The van der Waals surface area contributed by atoms with E-state index in [1.807, 2.05) is 26.0 Å². The van der Waals surface area contributed by atoms with Gasteiger partial charge in [0.05, 0.1) is 58.0 Å². The van der Waals surface area contributed by atoms with Crippen molar-refractivity contribution >= 4 is 45.2 Å². The molecule has 5 aliphatic rings. The van der Waals surface area contributed by atoms with E-state index in [0.29, 0.717) is 46.8 Å². The molecule has 0 radical (unpaired) electrons. The average Bonchev–Trinajstić information content (AvgIpc) is 4.06. The van der Waals surface area contributed by atoms with Crippen LogP contribution < -0.4 is 19.5 Å². The maximum Gasteiger partial charge on any atom is 0.414 e. The van der Waals surface area contributed by atoms with Crippen LogP contribution in [0.4, 0.5) is 18.0 Å². The topological polar surface area (TPSA) is 216 Å². The van der Waals surface area contributed by atoms with E-state index in [1.54, 1.807) is 62.0 Å². The van der Waals surface area contributed by atoms with Crippen molar-refractivity contribution in [1.29, 1.82) is 0 Å². The van der Waals surface area contributed by atoms with Gasteiger partial charge in [0.1, 0.15) is 35.2 Å². The molecule has 2 saturated carbocycles. The number of allylic oxidation sites excluding steroid dienone is 1. The molecule has 380 valence electrons. The molecular weight excluding hydrogens is 958 g/mol.